The van der Waals surface area contributed by atoms with Gasteiger partial charge in [0.1, 0.15) is 23.3 Å². The summed E-state index contributed by atoms with van der Waals surface area (Å²) in [6, 6.07) is 13.1. The number of benzene rings is 2. The summed E-state index contributed by atoms with van der Waals surface area (Å²) in [6.07, 6.45) is 5.39. The summed E-state index contributed by atoms with van der Waals surface area (Å²) in [6.45, 7) is 0. The molecule has 1 heterocycles. The van der Waals surface area contributed by atoms with E-state index in [0.717, 1.165) is 25.7 Å². The van der Waals surface area contributed by atoms with Gasteiger partial charge in [-0.25, -0.2) is 4.39 Å². The molecule has 0 aliphatic heterocycles. The molecule has 0 radical (unpaired) electrons. The third kappa shape index (κ3) is 4.64. The zero-order chi connectivity index (χ0) is 22.5. The highest BCUT2D eigenvalue weighted by Crippen LogP contribution is 2.31. The minimum Gasteiger partial charge on any atom is -0.497 e. The Morgan fingerprint density at radius 1 is 1.09 bits per heavy atom. The van der Waals surface area contributed by atoms with E-state index in [4.69, 9.17) is 4.74 Å². The fourth-order valence-electron chi connectivity index (χ4n) is 4.04. The zero-order valence-corrected chi connectivity index (χ0v) is 17.8. The highest BCUT2D eigenvalue weighted by atomic mass is 19.1. The number of methoxy groups -OCH3 is 1. The first kappa shape index (κ1) is 21.5. The number of carbonyl (C=O) groups excluding carboxylic acids is 2. The summed E-state index contributed by atoms with van der Waals surface area (Å²) >= 11 is 0. The predicted octanol–water partition coefficient (Wildman–Crippen LogP) is 4.00. The number of hydrogen-bond acceptors (Lipinski definition) is 4. The first-order valence-corrected chi connectivity index (χ1v) is 10.6. The monoisotopic (exact) mass is 436 g/mol. The van der Waals surface area contributed by atoms with Gasteiger partial charge in [0, 0.05) is 17.9 Å². The van der Waals surface area contributed by atoms with Crippen LogP contribution in [-0.2, 0) is 4.79 Å². The number of hydrogen-bond donors (Lipinski definition) is 2. The average Bonchev–Trinajstić information content (AvgIpc) is 3.52. The molecule has 1 atom stereocenters. The molecule has 1 aliphatic rings. The lowest BCUT2D eigenvalue weighted by Crippen LogP contribution is -2.46. The molecule has 2 aromatic carbocycles. The molecular weight excluding hydrogens is 411 g/mol. The van der Waals surface area contributed by atoms with Crippen LogP contribution in [0.25, 0.3) is 0 Å². The van der Waals surface area contributed by atoms with E-state index in [1.807, 2.05) is 0 Å². The molecule has 1 aliphatic carbocycles. The number of nitrogens with zero attached hydrogens (tertiary/aromatic N) is 2. The van der Waals surface area contributed by atoms with Crippen molar-refractivity contribution in [2.75, 3.05) is 12.0 Å². The number of halogens is 1. The number of amides is 2. The largest absolute Gasteiger partial charge is 0.497 e. The normalized spacial score (nSPS) is 14.7. The highest BCUT2D eigenvalue weighted by molar-refractivity contribution is 6.09. The molecule has 1 aromatic heterocycles. The molecule has 8 heteroatoms. The fourth-order valence-corrected chi connectivity index (χ4v) is 4.04. The van der Waals surface area contributed by atoms with Gasteiger partial charge in [0.25, 0.3) is 5.91 Å². The molecule has 7 nitrogen and oxygen atoms in total. The first-order valence-electron chi connectivity index (χ1n) is 10.6. The van der Waals surface area contributed by atoms with Crippen LogP contribution in [0.5, 0.6) is 5.75 Å². The maximum absolute atomic E-state index is 13.7. The predicted molar refractivity (Wildman–Crippen MR) is 118 cm³/mol. The van der Waals surface area contributed by atoms with Gasteiger partial charge in [-0.2, -0.15) is 5.10 Å². The molecule has 1 fully saturated rings. The Morgan fingerprint density at radius 3 is 2.38 bits per heavy atom. The Labute approximate surface area is 185 Å². The number of nitrogens with one attached hydrogen (secondary N) is 2. The van der Waals surface area contributed by atoms with Crippen LogP contribution in [0, 0.1) is 5.82 Å². The third-order valence-electron chi connectivity index (χ3n) is 5.69. The van der Waals surface area contributed by atoms with Gasteiger partial charge in [-0.1, -0.05) is 25.0 Å². The van der Waals surface area contributed by atoms with Crippen molar-refractivity contribution in [1.29, 1.82) is 0 Å². The molecule has 3 aromatic rings. The van der Waals surface area contributed by atoms with E-state index in [1.54, 1.807) is 37.4 Å². The fraction of sp³-hybridized carbons (Fsp3) is 0.292. The van der Waals surface area contributed by atoms with Crippen LogP contribution in [0.15, 0.2) is 60.8 Å². The Bertz CT molecular complexity index is 1050. The minimum atomic E-state index is -1.000. The number of aromatic amines is 1. The molecule has 0 saturated heterocycles. The van der Waals surface area contributed by atoms with Crippen LogP contribution in [0.1, 0.15) is 47.8 Å². The number of carbonyl (C=O) groups is 2. The maximum atomic E-state index is 13.7. The summed E-state index contributed by atoms with van der Waals surface area (Å²) < 4.78 is 18.9. The van der Waals surface area contributed by atoms with Crippen molar-refractivity contribution in [3.05, 3.63) is 77.9 Å². The summed E-state index contributed by atoms with van der Waals surface area (Å²) in [7, 11) is 1.55. The number of anilines is 1. The van der Waals surface area contributed by atoms with Crippen molar-refractivity contribution in [2.24, 2.45) is 0 Å². The van der Waals surface area contributed by atoms with Crippen molar-refractivity contribution in [2.45, 2.75) is 37.8 Å². The van der Waals surface area contributed by atoms with Gasteiger partial charge < -0.3 is 10.1 Å². The summed E-state index contributed by atoms with van der Waals surface area (Å²) in [5.41, 5.74) is 1.24. The van der Waals surface area contributed by atoms with Crippen LogP contribution in [0.3, 0.4) is 0 Å². The Morgan fingerprint density at radius 2 is 1.78 bits per heavy atom. The molecule has 0 spiro atoms. The average molecular weight is 436 g/mol. The van der Waals surface area contributed by atoms with E-state index < -0.39 is 17.8 Å². The Balaban J connectivity index is 1.79. The molecule has 2 N–H and O–H groups in total. The van der Waals surface area contributed by atoms with Crippen LogP contribution in [0.2, 0.25) is 0 Å². The second kappa shape index (κ2) is 9.64. The van der Waals surface area contributed by atoms with Crippen molar-refractivity contribution >= 4 is 17.5 Å². The quantitative estimate of drug-likeness (QED) is 0.586. The summed E-state index contributed by atoms with van der Waals surface area (Å²) in [4.78, 5) is 28.5. The van der Waals surface area contributed by atoms with Crippen LogP contribution < -0.4 is 15.0 Å². The summed E-state index contributed by atoms with van der Waals surface area (Å²) in [5, 5.41) is 9.64. The second-order valence-corrected chi connectivity index (χ2v) is 7.79. The van der Waals surface area contributed by atoms with E-state index in [-0.39, 0.29) is 17.6 Å². The molecule has 166 valence electrons. The van der Waals surface area contributed by atoms with Gasteiger partial charge >= 0.3 is 0 Å². The van der Waals surface area contributed by atoms with Crippen LogP contribution in [0.4, 0.5) is 10.1 Å². The van der Waals surface area contributed by atoms with E-state index >= 15 is 0 Å². The second-order valence-electron chi connectivity index (χ2n) is 7.79. The number of rotatable bonds is 7. The number of H-pyrrole nitrogens is 1. The smallest absolute Gasteiger partial charge is 0.277 e. The molecule has 0 unspecified atom stereocenters. The van der Waals surface area contributed by atoms with Gasteiger partial charge in [0.05, 0.1) is 7.11 Å². The van der Waals surface area contributed by atoms with Crippen molar-refractivity contribution in [3.63, 3.8) is 0 Å². The molecule has 32 heavy (non-hydrogen) atoms. The van der Waals surface area contributed by atoms with Gasteiger partial charge in [0.15, 0.2) is 0 Å². The molecule has 4 rings (SSSR count). The molecule has 0 bridgehead atoms. The zero-order valence-electron chi connectivity index (χ0n) is 17.8. The van der Waals surface area contributed by atoms with Crippen molar-refractivity contribution < 1.29 is 18.7 Å². The SMILES string of the molecule is COc1ccc(N(C(=O)c2ccn[nH]2)[C@H](C(=O)NC2CCCC2)c2ccc(F)cc2)cc1. The Kier molecular flexibility index (Phi) is 6.49. The van der Waals surface area contributed by atoms with Gasteiger partial charge in [-0.3, -0.25) is 19.6 Å². The Hall–Kier alpha value is -3.68. The standard InChI is InChI=1S/C24H25FN4O3/c1-32-20-12-10-19(11-13-20)29(24(31)21-14-15-26-28-21)22(16-6-8-17(25)9-7-16)23(30)27-18-4-2-3-5-18/h6-15,18,22H,2-5H2,1H3,(H,26,28)(H,27,30)/t22-/m0/s1. The van der Waals surface area contributed by atoms with Crippen LogP contribution >= 0.6 is 0 Å². The molecule has 2 amide bonds. The first-order chi connectivity index (χ1) is 15.6. The maximum Gasteiger partial charge on any atom is 0.277 e. The van der Waals surface area contributed by atoms with E-state index in [2.05, 4.69) is 15.5 Å². The van der Waals surface area contributed by atoms with E-state index in [9.17, 15) is 14.0 Å². The van der Waals surface area contributed by atoms with Crippen molar-refractivity contribution in [3.8, 4) is 5.75 Å². The van der Waals surface area contributed by atoms with E-state index in [1.165, 1.54) is 35.4 Å². The van der Waals surface area contributed by atoms with Crippen LogP contribution in [-0.4, -0.2) is 35.2 Å². The third-order valence-corrected chi connectivity index (χ3v) is 5.69. The van der Waals surface area contributed by atoms with E-state index in [0.29, 0.717) is 17.0 Å². The van der Waals surface area contributed by atoms with Gasteiger partial charge in [0.2, 0.25) is 5.91 Å². The number of aromatic nitrogens is 2. The molecular formula is C24H25FN4O3. The lowest BCUT2D eigenvalue weighted by molar-refractivity contribution is -0.123. The lowest BCUT2D eigenvalue weighted by atomic mass is 10.0. The van der Waals surface area contributed by atoms with Gasteiger partial charge in [-0.05, 0) is 60.9 Å². The number of ether oxygens (including phenoxy) is 1. The topological polar surface area (TPSA) is 87.3 Å². The lowest BCUT2D eigenvalue weighted by Gasteiger charge is -2.32. The minimum absolute atomic E-state index is 0.0606. The molecule has 1 saturated carbocycles. The highest BCUT2D eigenvalue weighted by Gasteiger charge is 2.35. The summed E-state index contributed by atoms with van der Waals surface area (Å²) in [5.74, 6) is -0.535. The van der Waals surface area contributed by atoms with Gasteiger partial charge in [-0.15, -0.1) is 0 Å². The van der Waals surface area contributed by atoms with Crippen molar-refractivity contribution in [1.82, 2.24) is 15.5 Å².